The standard InChI is InChI=1S/C31H33F2N3O4/c32-31(33,24-16-20-6-7-21(15-23(20)17-24)25-5-1-2-10-34-25)30(38)35-26(19-36-11-3-4-12-36)29(37)22-8-9-27-28(18-22)40-14-13-39-27/h1-2,5-10,15,18,24,26,29,37H,3-4,11-14,16-17,19H2,(H,35,38)/t24?,26-,29-/m1/s1. The van der Waals surface area contributed by atoms with Crippen LogP contribution in [0.1, 0.15) is 35.6 Å². The number of carbonyl (C=O) groups excluding carboxylic acids is 1. The van der Waals surface area contributed by atoms with Crippen LogP contribution in [0.4, 0.5) is 8.78 Å². The van der Waals surface area contributed by atoms with Gasteiger partial charge in [-0.25, -0.2) is 0 Å². The predicted molar refractivity (Wildman–Crippen MR) is 146 cm³/mol. The molecular formula is C31H33F2N3O4. The lowest BCUT2D eigenvalue weighted by Gasteiger charge is -2.31. The number of hydrogen-bond acceptors (Lipinski definition) is 6. The molecule has 0 bridgehead atoms. The summed E-state index contributed by atoms with van der Waals surface area (Å²) >= 11 is 0. The largest absolute Gasteiger partial charge is 0.486 e. The highest BCUT2D eigenvalue weighted by atomic mass is 19.3. The third kappa shape index (κ3) is 5.40. The number of carbonyl (C=O) groups is 1. The number of nitrogens with one attached hydrogen (secondary N) is 1. The normalized spacial score (nSPS) is 20.1. The van der Waals surface area contributed by atoms with E-state index in [1.165, 1.54) is 0 Å². The van der Waals surface area contributed by atoms with Crippen LogP contribution in [0.25, 0.3) is 11.3 Å². The Morgan fingerprint density at radius 3 is 2.58 bits per heavy atom. The molecule has 2 aromatic carbocycles. The number of aliphatic hydroxyl groups is 1. The molecule has 9 heteroatoms. The van der Waals surface area contributed by atoms with Crippen molar-refractivity contribution in [3.63, 3.8) is 0 Å². The molecule has 6 rings (SSSR count). The van der Waals surface area contributed by atoms with Crippen molar-refractivity contribution in [3.05, 3.63) is 77.5 Å². The van der Waals surface area contributed by atoms with Crippen LogP contribution in [-0.2, 0) is 17.6 Å². The zero-order chi connectivity index (χ0) is 27.7. The Labute approximate surface area is 232 Å². The first kappa shape index (κ1) is 26.7. The van der Waals surface area contributed by atoms with Gasteiger partial charge in [0.25, 0.3) is 5.91 Å². The minimum atomic E-state index is -3.61. The molecule has 1 amide bonds. The number of nitrogens with zero attached hydrogens (tertiary/aromatic N) is 2. The molecule has 0 saturated carbocycles. The Hall–Kier alpha value is -3.56. The van der Waals surface area contributed by atoms with Gasteiger partial charge in [0.2, 0.25) is 0 Å². The molecular weight excluding hydrogens is 516 g/mol. The number of halogens is 2. The van der Waals surface area contributed by atoms with Gasteiger partial charge >= 0.3 is 5.92 Å². The highest BCUT2D eigenvalue weighted by Gasteiger charge is 2.50. The van der Waals surface area contributed by atoms with E-state index >= 15 is 8.78 Å². The fourth-order valence-corrected chi connectivity index (χ4v) is 5.96. The third-order valence-corrected chi connectivity index (χ3v) is 8.17. The number of benzene rings is 2. The molecule has 2 N–H and O–H groups in total. The number of ether oxygens (including phenoxy) is 2. The van der Waals surface area contributed by atoms with Crippen LogP contribution < -0.4 is 14.8 Å². The maximum absolute atomic E-state index is 15.7. The van der Waals surface area contributed by atoms with E-state index in [1.54, 1.807) is 24.4 Å². The van der Waals surface area contributed by atoms with E-state index in [0.717, 1.165) is 48.3 Å². The molecule has 1 unspecified atom stereocenters. The SMILES string of the molecule is O=C(N[C@H](CN1CCCC1)[C@H](O)c1ccc2c(c1)OCCO2)C(F)(F)C1Cc2ccc(-c3ccccn3)cc2C1. The van der Waals surface area contributed by atoms with E-state index in [9.17, 15) is 9.90 Å². The van der Waals surface area contributed by atoms with Gasteiger partial charge < -0.3 is 24.8 Å². The Bertz CT molecular complexity index is 1360. The number of pyridine rings is 1. The van der Waals surface area contributed by atoms with Crippen molar-refractivity contribution in [1.82, 2.24) is 15.2 Å². The minimum Gasteiger partial charge on any atom is -0.486 e. The predicted octanol–water partition coefficient (Wildman–Crippen LogP) is 4.18. The number of likely N-dealkylation sites (tertiary alicyclic amines) is 1. The molecule has 1 aliphatic carbocycles. The van der Waals surface area contributed by atoms with E-state index in [2.05, 4.69) is 15.2 Å². The Balaban J connectivity index is 1.19. The molecule has 3 heterocycles. The maximum atomic E-state index is 15.7. The smallest absolute Gasteiger partial charge is 0.327 e. The Morgan fingerprint density at radius 1 is 1.02 bits per heavy atom. The van der Waals surface area contributed by atoms with Gasteiger partial charge in [0.15, 0.2) is 11.5 Å². The highest BCUT2D eigenvalue weighted by molar-refractivity contribution is 5.84. The molecule has 1 saturated heterocycles. The summed E-state index contributed by atoms with van der Waals surface area (Å²) in [6, 6.07) is 15.4. The van der Waals surface area contributed by atoms with Crippen LogP contribution in [0.2, 0.25) is 0 Å². The second-order valence-electron chi connectivity index (χ2n) is 10.9. The molecule has 210 valence electrons. The highest BCUT2D eigenvalue weighted by Crippen LogP contribution is 2.39. The number of alkyl halides is 2. The van der Waals surface area contributed by atoms with Crippen LogP contribution in [-0.4, -0.2) is 65.7 Å². The second-order valence-corrected chi connectivity index (χ2v) is 10.9. The lowest BCUT2D eigenvalue weighted by molar-refractivity contribution is -0.155. The summed E-state index contributed by atoms with van der Waals surface area (Å²) < 4.78 is 42.6. The summed E-state index contributed by atoms with van der Waals surface area (Å²) in [4.78, 5) is 19.6. The van der Waals surface area contributed by atoms with Crippen molar-refractivity contribution in [3.8, 4) is 22.8 Å². The third-order valence-electron chi connectivity index (χ3n) is 8.17. The molecule has 7 nitrogen and oxygen atoms in total. The molecule has 0 spiro atoms. The summed E-state index contributed by atoms with van der Waals surface area (Å²) in [5, 5.41) is 13.9. The fourth-order valence-electron chi connectivity index (χ4n) is 5.96. The topological polar surface area (TPSA) is 83.9 Å². The monoisotopic (exact) mass is 549 g/mol. The molecule has 0 radical (unpaired) electrons. The number of aromatic nitrogens is 1. The Kier molecular flexibility index (Phi) is 7.42. The number of hydrogen-bond donors (Lipinski definition) is 2. The Morgan fingerprint density at radius 2 is 1.80 bits per heavy atom. The lowest BCUT2D eigenvalue weighted by atomic mass is 9.95. The summed E-state index contributed by atoms with van der Waals surface area (Å²) in [5.74, 6) is -5.06. The maximum Gasteiger partial charge on any atom is 0.327 e. The van der Waals surface area contributed by atoms with Crippen LogP contribution in [0.5, 0.6) is 11.5 Å². The van der Waals surface area contributed by atoms with Gasteiger partial charge in [-0.05, 0) is 85.8 Å². The average Bonchev–Trinajstić information content (AvgIpc) is 3.66. The van der Waals surface area contributed by atoms with Crippen molar-refractivity contribution < 1.29 is 28.2 Å². The quantitative estimate of drug-likeness (QED) is 0.439. The molecule has 40 heavy (non-hydrogen) atoms. The summed E-state index contributed by atoms with van der Waals surface area (Å²) in [6.45, 7) is 2.70. The van der Waals surface area contributed by atoms with Crippen LogP contribution in [0.15, 0.2) is 60.8 Å². The van der Waals surface area contributed by atoms with E-state index in [4.69, 9.17) is 9.47 Å². The minimum absolute atomic E-state index is 0.0952. The van der Waals surface area contributed by atoms with Gasteiger partial charge in [-0.1, -0.05) is 24.3 Å². The number of fused-ring (bicyclic) bond motifs is 2. The molecule has 1 aromatic heterocycles. The second kappa shape index (κ2) is 11.1. The zero-order valence-electron chi connectivity index (χ0n) is 22.2. The van der Waals surface area contributed by atoms with Crippen LogP contribution in [0.3, 0.4) is 0 Å². The number of aliphatic hydroxyl groups excluding tert-OH is 1. The van der Waals surface area contributed by atoms with Crippen molar-refractivity contribution in [1.29, 1.82) is 0 Å². The number of amides is 1. The summed E-state index contributed by atoms with van der Waals surface area (Å²) in [6.07, 6.45) is 2.70. The van der Waals surface area contributed by atoms with Gasteiger partial charge in [0.1, 0.15) is 19.3 Å². The fraction of sp³-hybridized carbons (Fsp3) is 0.419. The van der Waals surface area contributed by atoms with Crippen LogP contribution in [0, 0.1) is 5.92 Å². The molecule has 2 aliphatic heterocycles. The van der Waals surface area contributed by atoms with Gasteiger partial charge in [-0.3, -0.25) is 9.78 Å². The van der Waals surface area contributed by atoms with Gasteiger partial charge in [-0.15, -0.1) is 0 Å². The average molecular weight is 550 g/mol. The first-order chi connectivity index (χ1) is 19.4. The molecule has 3 aromatic rings. The van der Waals surface area contributed by atoms with Crippen molar-refractivity contribution in [2.75, 3.05) is 32.8 Å². The first-order valence-electron chi connectivity index (χ1n) is 13.9. The van der Waals surface area contributed by atoms with E-state index in [1.807, 2.05) is 36.4 Å². The molecule has 1 fully saturated rings. The van der Waals surface area contributed by atoms with E-state index in [-0.39, 0.29) is 19.4 Å². The van der Waals surface area contributed by atoms with Gasteiger partial charge in [-0.2, -0.15) is 8.78 Å². The number of rotatable bonds is 8. The molecule has 3 aliphatic rings. The van der Waals surface area contributed by atoms with E-state index in [0.29, 0.717) is 30.3 Å². The van der Waals surface area contributed by atoms with Gasteiger partial charge in [0.05, 0.1) is 11.7 Å². The lowest BCUT2D eigenvalue weighted by Crippen LogP contribution is -2.54. The first-order valence-corrected chi connectivity index (χ1v) is 13.9. The van der Waals surface area contributed by atoms with Gasteiger partial charge in [0, 0.05) is 24.2 Å². The molecule has 3 atom stereocenters. The summed E-state index contributed by atoms with van der Waals surface area (Å²) in [7, 11) is 0. The zero-order valence-corrected chi connectivity index (χ0v) is 22.2. The van der Waals surface area contributed by atoms with Crippen molar-refractivity contribution >= 4 is 5.91 Å². The van der Waals surface area contributed by atoms with Crippen LogP contribution >= 0.6 is 0 Å². The van der Waals surface area contributed by atoms with E-state index < -0.39 is 29.9 Å². The van der Waals surface area contributed by atoms with Crippen molar-refractivity contribution in [2.45, 2.75) is 43.8 Å². The van der Waals surface area contributed by atoms with Crippen molar-refractivity contribution in [2.24, 2.45) is 5.92 Å². The summed E-state index contributed by atoms with van der Waals surface area (Å²) in [5.41, 5.74) is 3.75.